The highest BCUT2D eigenvalue weighted by atomic mass is 19.4. The predicted molar refractivity (Wildman–Crippen MR) is 104 cm³/mol. The van der Waals surface area contributed by atoms with Crippen molar-refractivity contribution < 1.29 is 18.0 Å². The maximum Gasteiger partial charge on any atom is 0.410 e. The number of hydrogen-bond acceptors (Lipinski definition) is 3. The van der Waals surface area contributed by atoms with Crippen molar-refractivity contribution >= 4 is 11.7 Å². The second-order valence-corrected chi connectivity index (χ2v) is 7.97. The molecule has 1 fully saturated rings. The van der Waals surface area contributed by atoms with Gasteiger partial charge < -0.3 is 10.6 Å². The predicted octanol–water partition coefficient (Wildman–Crippen LogP) is 4.85. The Balaban J connectivity index is 1.57. The molecule has 0 saturated heterocycles. The third-order valence-corrected chi connectivity index (χ3v) is 5.96. The number of fused-ring (bicyclic) bond motifs is 1. The topological polar surface area (TPSA) is 59.0 Å². The number of halogens is 3. The highest BCUT2D eigenvalue weighted by molar-refractivity contribution is 5.98. The average molecular weight is 406 g/mol. The van der Waals surface area contributed by atoms with Crippen LogP contribution in [0.3, 0.4) is 0 Å². The van der Waals surface area contributed by atoms with Crippen molar-refractivity contribution in [1.29, 1.82) is 0 Å². The molecule has 5 nitrogen and oxygen atoms in total. The molecule has 2 N–H and O–H groups in total. The van der Waals surface area contributed by atoms with Gasteiger partial charge >= 0.3 is 6.18 Å². The molecule has 156 valence electrons. The lowest BCUT2D eigenvalue weighted by Gasteiger charge is -2.34. The lowest BCUT2D eigenvalue weighted by Crippen LogP contribution is -2.37. The second-order valence-electron chi connectivity index (χ2n) is 7.97. The normalized spacial score (nSPS) is 22.6. The minimum atomic E-state index is -4.45. The zero-order valence-corrected chi connectivity index (χ0v) is 16.1. The monoisotopic (exact) mass is 406 g/mol. The maximum absolute atomic E-state index is 13.7. The summed E-state index contributed by atoms with van der Waals surface area (Å²) in [6.45, 7) is 0.550. The zero-order valence-electron chi connectivity index (χ0n) is 16.1. The average Bonchev–Trinajstić information content (AvgIpc) is 3.16. The van der Waals surface area contributed by atoms with Gasteiger partial charge in [0.2, 0.25) is 0 Å². The van der Waals surface area contributed by atoms with Gasteiger partial charge in [-0.25, -0.2) is 4.68 Å². The van der Waals surface area contributed by atoms with Crippen LogP contribution in [0.5, 0.6) is 0 Å². The van der Waals surface area contributed by atoms with Crippen molar-refractivity contribution in [2.45, 2.75) is 56.8 Å². The van der Waals surface area contributed by atoms with E-state index in [0.29, 0.717) is 12.5 Å². The van der Waals surface area contributed by atoms with Gasteiger partial charge in [-0.05, 0) is 24.3 Å². The fraction of sp³-hybridized carbons (Fsp3) is 0.524. The molecule has 29 heavy (non-hydrogen) atoms. The lowest BCUT2D eigenvalue weighted by atomic mass is 9.89. The van der Waals surface area contributed by atoms with Crippen LogP contribution >= 0.6 is 0 Å². The molecular weight excluding hydrogens is 381 g/mol. The first kappa shape index (κ1) is 19.8. The smallest absolute Gasteiger partial charge is 0.363 e. The number of benzene rings is 1. The first-order valence-electron chi connectivity index (χ1n) is 10.2. The summed E-state index contributed by atoms with van der Waals surface area (Å²) in [4.78, 5) is 12.7. The maximum atomic E-state index is 13.7. The largest absolute Gasteiger partial charge is 0.410 e. The number of hydrogen-bond donors (Lipinski definition) is 2. The van der Waals surface area contributed by atoms with Crippen LogP contribution < -0.4 is 10.6 Å². The number of aromatic nitrogens is 2. The van der Waals surface area contributed by atoms with Gasteiger partial charge in [-0.2, -0.15) is 18.3 Å². The summed E-state index contributed by atoms with van der Waals surface area (Å²) in [6, 6.07) is 6.68. The van der Waals surface area contributed by atoms with Gasteiger partial charge in [0.25, 0.3) is 5.91 Å². The van der Waals surface area contributed by atoms with Crippen LogP contribution in [0.4, 0.5) is 19.0 Å². The number of rotatable bonds is 4. The van der Waals surface area contributed by atoms with Gasteiger partial charge in [0.15, 0.2) is 6.04 Å². The summed E-state index contributed by atoms with van der Waals surface area (Å²) in [5.74, 6) is 0.194. The number of nitrogens with one attached hydrogen (secondary N) is 2. The van der Waals surface area contributed by atoms with Gasteiger partial charge in [0, 0.05) is 13.0 Å². The van der Waals surface area contributed by atoms with Crippen LogP contribution in [-0.4, -0.2) is 28.4 Å². The molecule has 2 atom stereocenters. The van der Waals surface area contributed by atoms with Crippen molar-refractivity contribution in [1.82, 2.24) is 15.1 Å². The van der Waals surface area contributed by atoms with Gasteiger partial charge in [-0.1, -0.05) is 49.6 Å². The van der Waals surface area contributed by atoms with E-state index < -0.39 is 18.3 Å². The van der Waals surface area contributed by atoms with E-state index in [1.165, 1.54) is 12.6 Å². The van der Waals surface area contributed by atoms with E-state index >= 15 is 0 Å². The fourth-order valence-electron chi connectivity index (χ4n) is 4.36. The molecule has 1 aliphatic heterocycles. The molecule has 0 bridgehead atoms. The Kier molecular flexibility index (Phi) is 5.52. The first-order chi connectivity index (χ1) is 13.9. The quantitative estimate of drug-likeness (QED) is 0.763. The van der Waals surface area contributed by atoms with Crippen molar-refractivity contribution in [3.05, 3.63) is 47.7 Å². The SMILES string of the molecule is O=C(NCC1CCCCC1)c1cnn2c1NC(c1ccccc1)CC2C(F)(F)F. The van der Waals surface area contributed by atoms with Gasteiger partial charge in [-0.15, -0.1) is 0 Å². The Labute approximate surface area is 167 Å². The molecule has 8 heteroatoms. The van der Waals surface area contributed by atoms with E-state index in [4.69, 9.17) is 0 Å². The van der Waals surface area contributed by atoms with E-state index in [1.807, 2.05) is 6.07 Å². The number of nitrogens with zero attached hydrogens (tertiary/aromatic N) is 2. The lowest BCUT2D eigenvalue weighted by molar-refractivity contribution is -0.173. The molecule has 1 saturated carbocycles. The Morgan fingerprint density at radius 2 is 1.90 bits per heavy atom. The molecule has 2 aliphatic rings. The summed E-state index contributed by atoms with van der Waals surface area (Å²) in [5.41, 5.74) is 0.915. The van der Waals surface area contributed by atoms with Crippen LogP contribution in [0.15, 0.2) is 36.5 Å². The minimum absolute atomic E-state index is 0.133. The van der Waals surface area contributed by atoms with Gasteiger partial charge in [0.05, 0.1) is 12.2 Å². The van der Waals surface area contributed by atoms with E-state index in [9.17, 15) is 18.0 Å². The summed E-state index contributed by atoms with van der Waals surface area (Å²) in [7, 11) is 0. The number of carbonyl (C=O) groups excluding carboxylic acids is 1. The molecule has 1 aromatic carbocycles. The molecule has 1 aromatic heterocycles. The summed E-state index contributed by atoms with van der Waals surface area (Å²) in [5, 5.41) is 9.94. The molecular formula is C21H25F3N4O. The number of amides is 1. The molecule has 2 unspecified atom stereocenters. The van der Waals surface area contributed by atoms with E-state index in [2.05, 4.69) is 15.7 Å². The minimum Gasteiger partial charge on any atom is -0.363 e. The standard InChI is InChI=1S/C21H25F3N4O/c22-21(23,24)18-11-17(15-9-5-2-6-10-15)27-19-16(13-26-28(18)19)20(29)25-12-14-7-3-1-4-8-14/h2,5-6,9-10,13-14,17-18,27H,1,3-4,7-8,11-12H2,(H,25,29). The van der Waals surface area contributed by atoms with Crippen molar-refractivity contribution in [2.24, 2.45) is 5.92 Å². The summed E-state index contributed by atoms with van der Waals surface area (Å²) >= 11 is 0. The van der Waals surface area contributed by atoms with Crippen LogP contribution in [0.2, 0.25) is 0 Å². The van der Waals surface area contributed by atoms with E-state index in [1.54, 1.807) is 24.3 Å². The highest BCUT2D eigenvalue weighted by Gasteiger charge is 2.47. The Morgan fingerprint density at radius 3 is 2.59 bits per heavy atom. The highest BCUT2D eigenvalue weighted by Crippen LogP contribution is 2.44. The molecule has 2 aromatic rings. The van der Waals surface area contributed by atoms with Crippen LogP contribution in [-0.2, 0) is 0 Å². The Hall–Kier alpha value is -2.51. The Morgan fingerprint density at radius 1 is 1.17 bits per heavy atom. The van der Waals surface area contributed by atoms with E-state index in [0.717, 1.165) is 35.9 Å². The summed E-state index contributed by atoms with van der Waals surface area (Å²) < 4.78 is 42.1. The van der Waals surface area contributed by atoms with Crippen LogP contribution in [0, 0.1) is 5.92 Å². The molecule has 1 amide bonds. The van der Waals surface area contributed by atoms with Crippen LogP contribution in [0.1, 0.15) is 66.5 Å². The molecule has 4 rings (SSSR count). The van der Waals surface area contributed by atoms with Gasteiger partial charge in [-0.3, -0.25) is 4.79 Å². The number of anilines is 1. The fourth-order valence-corrected chi connectivity index (χ4v) is 4.36. The molecule has 0 radical (unpaired) electrons. The van der Waals surface area contributed by atoms with Crippen LogP contribution in [0.25, 0.3) is 0 Å². The van der Waals surface area contributed by atoms with Crippen molar-refractivity contribution in [3.63, 3.8) is 0 Å². The zero-order chi connectivity index (χ0) is 20.4. The Bertz CT molecular complexity index is 843. The number of alkyl halides is 3. The molecule has 1 aliphatic carbocycles. The van der Waals surface area contributed by atoms with Gasteiger partial charge in [0.1, 0.15) is 11.4 Å². The second kappa shape index (κ2) is 8.08. The third kappa shape index (κ3) is 4.26. The summed E-state index contributed by atoms with van der Waals surface area (Å²) in [6.07, 6.45) is 2.33. The van der Waals surface area contributed by atoms with Crippen molar-refractivity contribution in [2.75, 3.05) is 11.9 Å². The number of carbonyl (C=O) groups is 1. The van der Waals surface area contributed by atoms with Crippen molar-refractivity contribution in [3.8, 4) is 0 Å². The van der Waals surface area contributed by atoms with E-state index in [-0.39, 0.29) is 23.7 Å². The first-order valence-corrected chi connectivity index (χ1v) is 10.2. The molecule has 2 heterocycles. The third-order valence-electron chi connectivity index (χ3n) is 5.96. The molecule has 0 spiro atoms.